The summed E-state index contributed by atoms with van der Waals surface area (Å²) in [6.45, 7) is 8.57. The van der Waals surface area contributed by atoms with E-state index >= 15 is 0 Å². The molecular formula is C16H22I2N2O4. The van der Waals surface area contributed by atoms with Gasteiger partial charge in [0.1, 0.15) is 5.60 Å². The number of nitrogens with one attached hydrogen (secondary N) is 2. The molecule has 0 unspecified atom stereocenters. The highest BCUT2D eigenvalue weighted by Gasteiger charge is 2.16. The number of benzene rings is 1. The average molecular weight is 560 g/mol. The first-order valence-corrected chi connectivity index (χ1v) is 9.66. The third-order valence-electron chi connectivity index (χ3n) is 2.65. The summed E-state index contributed by atoms with van der Waals surface area (Å²) in [5, 5.41) is 5.95. The molecule has 134 valence electrons. The first-order valence-electron chi connectivity index (χ1n) is 7.51. The molecule has 0 aromatic heterocycles. The molecule has 1 aromatic rings. The molecule has 0 saturated carbocycles. The number of amides is 1. The van der Waals surface area contributed by atoms with E-state index in [1.54, 1.807) is 19.1 Å². The normalized spacial score (nSPS) is 10.9. The van der Waals surface area contributed by atoms with Gasteiger partial charge in [-0.2, -0.15) is 0 Å². The summed E-state index contributed by atoms with van der Waals surface area (Å²) < 4.78 is 12.0. The quantitative estimate of drug-likeness (QED) is 0.313. The van der Waals surface area contributed by atoms with Crippen LogP contribution in [0.1, 0.15) is 38.1 Å². The number of anilines is 1. The van der Waals surface area contributed by atoms with Gasteiger partial charge in [-0.3, -0.25) is 0 Å². The van der Waals surface area contributed by atoms with E-state index in [0.29, 0.717) is 25.3 Å². The van der Waals surface area contributed by atoms with Crippen LogP contribution in [0.5, 0.6) is 0 Å². The number of carbonyl (C=O) groups excluding carboxylic acids is 2. The molecule has 0 aliphatic carbocycles. The summed E-state index contributed by atoms with van der Waals surface area (Å²) in [4.78, 5) is 23.4. The van der Waals surface area contributed by atoms with Gasteiger partial charge in [0.05, 0.1) is 17.9 Å². The third kappa shape index (κ3) is 7.41. The highest BCUT2D eigenvalue weighted by Crippen LogP contribution is 2.26. The highest BCUT2D eigenvalue weighted by molar-refractivity contribution is 14.1. The summed E-state index contributed by atoms with van der Waals surface area (Å²) in [7, 11) is 0. The molecule has 0 spiro atoms. The van der Waals surface area contributed by atoms with Crippen LogP contribution in [0.25, 0.3) is 0 Å². The van der Waals surface area contributed by atoms with E-state index in [2.05, 4.69) is 55.8 Å². The fraction of sp³-hybridized carbons (Fsp3) is 0.500. The average Bonchev–Trinajstić information content (AvgIpc) is 2.43. The van der Waals surface area contributed by atoms with E-state index in [0.717, 1.165) is 12.8 Å². The second kappa shape index (κ2) is 9.64. The lowest BCUT2D eigenvalue weighted by atomic mass is 10.2. The number of halogens is 2. The van der Waals surface area contributed by atoms with Gasteiger partial charge in [0, 0.05) is 20.2 Å². The van der Waals surface area contributed by atoms with E-state index in [9.17, 15) is 9.59 Å². The molecular weight excluding hydrogens is 538 g/mol. The maximum absolute atomic E-state index is 11.8. The van der Waals surface area contributed by atoms with Crippen molar-refractivity contribution in [3.8, 4) is 0 Å². The molecule has 0 bridgehead atoms. The lowest BCUT2D eigenvalue weighted by Crippen LogP contribution is -2.35. The van der Waals surface area contributed by atoms with Crippen molar-refractivity contribution in [3.05, 3.63) is 24.8 Å². The van der Waals surface area contributed by atoms with Crippen molar-refractivity contribution in [3.63, 3.8) is 0 Å². The number of alkyl carbamates (subject to hydrolysis) is 1. The Morgan fingerprint density at radius 2 is 1.71 bits per heavy atom. The van der Waals surface area contributed by atoms with Crippen LogP contribution in [0.3, 0.4) is 0 Å². The van der Waals surface area contributed by atoms with Crippen molar-refractivity contribution in [2.75, 3.05) is 25.0 Å². The molecule has 0 aliphatic heterocycles. The van der Waals surface area contributed by atoms with Gasteiger partial charge in [0.25, 0.3) is 0 Å². The Morgan fingerprint density at radius 1 is 1.12 bits per heavy atom. The molecule has 1 aromatic carbocycles. The topological polar surface area (TPSA) is 76.7 Å². The summed E-state index contributed by atoms with van der Waals surface area (Å²) in [6, 6.07) is 3.56. The first-order chi connectivity index (χ1) is 11.1. The minimum atomic E-state index is -0.509. The first kappa shape index (κ1) is 21.3. The Labute approximate surface area is 169 Å². The Bertz CT molecular complexity index is 577. The van der Waals surface area contributed by atoms with Crippen molar-refractivity contribution in [2.45, 2.75) is 33.3 Å². The van der Waals surface area contributed by atoms with Gasteiger partial charge in [-0.25, -0.2) is 9.59 Å². The van der Waals surface area contributed by atoms with Crippen LogP contribution < -0.4 is 10.6 Å². The van der Waals surface area contributed by atoms with Gasteiger partial charge in [0.2, 0.25) is 0 Å². The predicted octanol–water partition coefficient (Wildman–Crippen LogP) is 4.01. The zero-order valence-corrected chi connectivity index (χ0v) is 18.5. The molecule has 0 saturated heterocycles. The van der Waals surface area contributed by atoms with Crippen LogP contribution in [0, 0.1) is 7.14 Å². The zero-order valence-electron chi connectivity index (χ0n) is 14.2. The number of ether oxygens (including phenoxy) is 2. The number of hydrogen-bond donors (Lipinski definition) is 2. The van der Waals surface area contributed by atoms with Crippen molar-refractivity contribution in [2.24, 2.45) is 0 Å². The van der Waals surface area contributed by atoms with Gasteiger partial charge >= 0.3 is 12.1 Å². The van der Waals surface area contributed by atoms with E-state index in [4.69, 9.17) is 9.47 Å². The number of hydrogen-bond acceptors (Lipinski definition) is 5. The van der Waals surface area contributed by atoms with Gasteiger partial charge in [-0.1, -0.05) is 0 Å². The van der Waals surface area contributed by atoms with Crippen molar-refractivity contribution < 1.29 is 19.1 Å². The summed E-state index contributed by atoms with van der Waals surface area (Å²) in [5.74, 6) is -0.327. The standard InChI is InChI=1S/C16H22I2N2O4/c1-5-23-14(21)10-8-11(17)13(12(18)9-10)19-6-7-20-15(22)24-16(2,3)4/h8-9,19H,5-7H2,1-4H3,(H,20,22). The van der Waals surface area contributed by atoms with Gasteiger partial charge in [-0.05, 0) is 85.0 Å². The number of carbonyl (C=O) groups is 2. The molecule has 0 aliphatic rings. The minimum Gasteiger partial charge on any atom is -0.462 e. The van der Waals surface area contributed by atoms with E-state index in [1.165, 1.54) is 0 Å². The Kier molecular flexibility index (Phi) is 8.54. The number of esters is 1. The summed E-state index contributed by atoms with van der Waals surface area (Å²) in [5.41, 5.74) is 0.948. The Balaban J connectivity index is 2.57. The Morgan fingerprint density at radius 3 is 2.21 bits per heavy atom. The van der Waals surface area contributed by atoms with Gasteiger partial charge in [0.15, 0.2) is 0 Å². The number of rotatable bonds is 6. The largest absolute Gasteiger partial charge is 0.462 e. The predicted molar refractivity (Wildman–Crippen MR) is 111 cm³/mol. The third-order valence-corrected chi connectivity index (χ3v) is 4.35. The van der Waals surface area contributed by atoms with E-state index < -0.39 is 11.7 Å². The molecule has 6 nitrogen and oxygen atoms in total. The fourth-order valence-electron chi connectivity index (χ4n) is 1.74. The monoisotopic (exact) mass is 560 g/mol. The maximum atomic E-state index is 11.8. The second-order valence-corrected chi connectivity index (χ2v) is 8.22. The highest BCUT2D eigenvalue weighted by atomic mass is 127. The van der Waals surface area contributed by atoms with Gasteiger partial charge in [-0.15, -0.1) is 0 Å². The van der Waals surface area contributed by atoms with E-state index in [1.807, 2.05) is 20.8 Å². The van der Waals surface area contributed by atoms with Crippen LogP contribution in [-0.2, 0) is 9.47 Å². The summed E-state index contributed by atoms with van der Waals surface area (Å²) >= 11 is 4.34. The molecule has 24 heavy (non-hydrogen) atoms. The SMILES string of the molecule is CCOC(=O)c1cc(I)c(NCCNC(=O)OC(C)(C)C)c(I)c1. The van der Waals surface area contributed by atoms with Crippen LogP contribution in [-0.4, -0.2) is 37.4 Å². The van der Waals surface area contributed by atoms with Crippen molar-refractivity contribution in [1.82, 2.24) is 5.32 Å². The minimum absolute atomic E-state index is 0.327. The molecule has 0 radical (unpaired) electrons. The fourth-order valence-corrected chi connectivity index (χ4v) is 3.89. The Hall–Kier alpha value is -0.780. The molecule has 0 atom stereocenters. The molecule has 1 amide bonds. The molecule has 0 fully saturated rings. The van der Waals surface area contributed by atoms with Crippen molar-refractivity contribution >= 4 is 62.9 Å². The summed E-state index contributed by atoms with van der Waals surface area (Å²) in [6.07, 6.45) is -0.439. The van der Waals surface area contributed by atoms with Crippen LogP contribution in [0.15, 0.2) is 12.1 Å². The molecule has 2 N–H and O–H groups in total. The zero-order chi connectivity index (χ0) is 18.3. The van der Waals surface area contributed by atoms with Crippen LogP contribution in [0.2, 0.25) is 0 Å². The van der Waals surface area contributed by atoms with Crippen molar-refractivity contribution in [1.29, 1.82) is 0 Å². The maximum Gasteiger partial charge on any atom is 0.407 e. The van der Waals surface area contributed by atoms with Gasteiger partial charge < -0.3 is 20.1 Å². The van der Waals surface area contributed by atoms with Crippen LogP contribution in [0.4, 0.5) is 10.5 Å². The van der Waals surface area contributed by atoms with E-state index in [-0.39, 0.29) is 5.97 Å². The molecule has 0 heterocycles. The molecule has 8 heteroatoms. The lowest BCUT2D eigenvalue weighted by molar-refractivity contribution is 0.0517. The smallest absolute Gasteiger partial charge is 0.407 e. The molecule has 1 rings (SSSR count). The second-order valence-electron chi connectivity index (χ2n) is 5.89. The van der Waals surface area contributed by atoms with Crippen LogP contribution >= 0.6 is 45.2 Å². The lowest BCUT2D eigenvalue weighted by Gasteiger charge is -2.20.